The lowest BCUT2D eigenvalue weighted by Gasteiger charge is -2.36. The molecule has 1 saturated heterocycles. The first kappa shape index (κ1) is 35.8. The summed E-state index contributed by atoms with van der Waals surface area (Å²) in [6, 6.07) is 18.5. The monoisotopic (exact) mass is 669 g/mol. The molecule has 0 spiro atoms. The van der Waals surface area contributed by atoms with Crippen LogP contribution in [-0.2, 0) is 40.9 Å². The summed E-state index contributed by atoms with van der Waals surface area (Å²) in [5, 5.41) is 13.1. The molecule has 1 aliphatic carbocycles. The van der Waals surface area contributed by atoms with Crippen molar-refractivity contribution in [2.24, 2.45) is 13.0 Å². The molecule has 1 aromatic heterocycles. The van der Waals surface area contributed by atoms with Gasteiger partial charge >= 0.3 is 0 Å². The van der Waals surface area contributed by atoms with Gasteiger partial charge in [-0.3, -0.25) is 28.8 Å². The predicted molar refractivity (Wildman–Crippen MR) is 188 cm³/mol. The van der Waals surface area contributed by atoms with Crippen molar-refractivity contribution in [3.05, 3.63) is 89.2 Å². The lowest BCUT2D eigenvalue weighted by Crippen LogP contribution is -2.55. The van der Waals surface area contributed by atoms with Crippen LogP contribution < -0.4 is 16.0 Å². The van der Waals surface area contributed by atoms with E-state index >= 15 is 0 Å². The third-order valence-corrected chi connectivity index (χ3v) is 9.81. The molecular formula is C38H51N7O4. The molecule has 11 heteroatoms. The van der Waals surface area contributed by atoms with Crippen LogP contribution in [0.4, 0.5) is 0 Å². The zero-order chi connectivity index (χ0) is 34.6. The number of piperazine rings is 1. The Morgan fingerprint density at radius 1 is 0.816 bits per heavy atom. The summed E-state index contributed by atoms with van der Waals surface area (Å²) < 4.78 is 1.51. The maximum absolute atomic E-state index is 13.7. The number of carbonyl (C=O) groups is 4. The average Bonchev–Trinajstić information content (AvgIpc) is 3.38. The number of hydrogen-bond donors (Lipinski definition) is 3. The van der Waals surface area contributed by atoms with E-state index in [9.17, 15) is 19.2 Å². The lowest BCUT2D eigenvalue weighted by molar-refractivity contribution is -0.138. The number of benzene rings is 2. The molecule has 11 nitrogen and oxygen atoms in total. The normalized spacial score (nSPS) is 17.1. The van der Waals surface area contributed by atoms with Crippen LogP contribution in [0.1, 0.15) is 79.0 Å². The highest BCUT2D eigenvalue weighted by Gasteiger charge is 2.32. The number of aromatic nitrogens is 2. The van der Waals surface area contributed by atoms with Crippen molar-refractivity contribution < 1.29 is 19.2 Å². The number of carbonyl (C=O) groups excluding carboxylic acids is 4. The van der Waals surface area contributed by atoms with E-state index < -0.39 is 12.1 Å². The third-order valence-electron chi connectivity index (χ3n) is 9.81. The van der Waals surface area contributed by atoms with Crippen LogP contribution in [0, 0.1) is 5.92 Å². The molecule has 4 amide bonds. The van der Waals surface area contributed by atoms with Gasteiger partial charge < -0.3 is 20.9 Å². The van der Waals surface area contributed by atoms with E-state index in [1.807, 2.05) is 47.4 Å². The Labute approximate surface area is 289 Å². The van der Waals surface area contributed by atoms with Gasteiger partial charge in [0.2, 0.25) is 17.7 Å². The SMILES string of the molecule is CCC(=O)N[C@H](Cc1ccc(CNC(=O)C(NC(=O)c2ccnn2C)C2CCCCCC2)cc1)C(=O)N1CCN(Cc2ccccc2)CC1. The summed E-state index contributed by atoms with van der Waals surface area (Å²) in [7, 11) is 1.71. The molecule has 2 atom stereocenters. The molecule has 3 aromatic rings. The fraction of sp³-hybridized carbons (Fsp3) is 0.500. The van der Waals surface area contributed by atoms with E-state index in [1.54, 1.807) is 26.2 Å². The fourth-order valence-electron chi connectivity index (χ4n) is 6.87. The Morgan fingerprint density at radius 3 is 2.12 bits per heavy atom. The Bertz CT molecular complexity index is 1520. The van der Waals surface area contributed by atoms with E-state index in [0.29, 0.717) is 38.2 Å². The van der Waals surface area contributed by atoms with Crippen molar-refractivity contribution in [2.45, 2.75) is 83.5 Å². The fourth-order valence-corrected chi connectivity index (χ4v) is 6.87. The maximum Gasteiger partial charge on any atom is 0.270 e. The Kier molecular flexibility index (Phi) is 13.0. The number of aryl methyl sites for hydroxylation is 1. The van der Waals surface area contributed by atoms with Crippen LogP contribution in [0.25, 0.3) is 0 Å². The smallest absolute Gasteiger partial charge is 0.270 e. The van der Waals surface area contributed by atoms with Gasteiger partial charge in [-0.25, -0.2) is 0 Å². The third kappa shape index (κ3) is 10.2. The zero-order valence-electron chi connectivity index (χ0n) is 28.9. The summed E-state index contributed by atoms with van der Waals surface area (Å²) in [5.74, 6) is -0.638. The maximum atomic E-state index is 13.7. The van der Waals surface area contributed by atoms with Crippen LogP contribution in [0.5, 0.6) is 0 Å². The number of amides is 4. The second-order valence-corrected chi connectivity index (χ2v) is 13.3. The quantitative estimate of drug-likeness (QED) is 0.239. The Balaban J connectivity index is 1.17. The number of nitrogens with one attached hydrogen (secondary N) is 3. The number of hydrogen-bond acceptors (Lipinski definition) is 6. The predicted octanol–water partition coefficient (Wildman–Crippen LogP) is 3.59. The van der Waals surface area contributed by atoms with Gasteiger partial charge in [0, 0.05) is 65.4 Å². The first-order chi connectivity index (χ1) is 23.8. The van der Waals surface area contributed by atoms with E-state index in [2.05, 4.69) is 38.1 Å². The van der Waals surface area contributed by atoms with E-state index in [-0.39, 0.29) is 29.5 Å². The Morgan fingerprint density at radius 2 is 1.49 bits per heavy atom. The van der Waals surface area contributed by atoms with Gasteiger partial charge in [0.25, 0.3) is 5.91 Å². The minimum absolute atomic E-state index is 0.0600. The highest BCUT2D eigenvalue weighted by atomic mass is 16.2. The van der Waals surface area contributed by atoms with E-state index in [4.69, 9.17) is 0 Å². The molecule has 2 aromatic carbocycles. The van der Waals surface area contributed by atoms with Crippen LogP contribution in [0.3, 0.4) is 0 Å². The van der Waals surface area contributed by atoms with Crippen LogP contribution >= 0.6 is 0 Å². The molecule has 49 heavy (non-hydrogen) atoms. The molecule has 2 aliphatic rings. The van der Waals surface area contributed by atoms with Crippen LogP contribution in [0.15, 0.2) is 66.9 Å². The molecule has 1 aliphatic heterocycles. The molecule has 1 saturated carbocycles. The minimum Gasteiger partial charge on any atom is -0.350 e. The summed E-state index contributed by atoms with van der Waals surface area (Å²) in [4.78, 5) is 57.0. The van der Waals surface area contributed by atoms with Crippen molar-refractivity contribution in [2.75, 3.05) is 26.2 Å². The van der Waals surface area contributed by atoms with E-state index in [0.717, 1.165) is 69.3 Å². The van der Waals surface area contributed by atoms with Crippen molar-refractivity contribution in [3.63, 3.8) is 0 Å². The second-order valence-electron chi connectivity index (χ2n) is 13.3. The molecule has 2 heterocycles. The van der Waals surface area contributed by atoms with Gasteiger partial charge in [-0.2, -0.15) is 5.10 Å². The van der Waals surface area contributed by atoms with Crippen molar-refractivity contribution in [3.8, 4) is 0 Å². The number of nitrogens with zero attached hydrogens (tertiary/aromatic N) is 4. The molecule has 1 unspecified atom stereocenters. The van der Waals surface area contributed by atoms with Gasteiger partial charge in [0.1, 0.15) is 17.8 Å². The molecule has 0 bridgehead atoms. The first-order valence-electron chi connectivity index (χ1n) is 17.8. The van der Waals surface area contributed by atoms with Gasteiger partial charge in [0.15, 0.2) is 0 Å². The zero-order valence-corrected chi connectivity index (χ0v) is 28.9. The van der Waals surface area contributed by atoms with Gasteiger partial charge in [-0.15, -0.1) is 0 Å². The molecule has 262 valence electrons. The molecule has 2 fully saturated rings. The van der Waals surface area contributed by atoms with Gasteiger partial charge in [-0.1, -0.05) is 87.2 Å². The standard InChI is InChI=1S/C38H51N7O4/c1-3-34(46)41-32(38(49)45-23-21-44(22-24-45)27-30-11-7-6-8-12-30)25-28-15-17-29(18-16-28)26-39-37(48)35(31-13-9-4-5-10-14-31)42-36(47)33-19-20-40-43(33)2/h6-8,11-12,15-20,31-32,35H,3-5,9-10,13-14,21-27H2,1-2H3,(H,39,48)(H,41,46)(H,42,47)/t32-,35?/m1/s1. The average molecular weight is 670 g/mol. The largest absolute Gasteiger partial charge is 0.350 e. The van der Waals surface area contributed by atoms with Gasteiger partial charge in [0.05, 0.1) is 0 Å². The van der Waals surface area contributed by atoms with Crippen molar-refractivity contribution >= 4 is 23.6 Å². The van der Waals surface area contributed by atoms with Crippen LogP contribution in [-0.4, -0.2) is 81.5 Å². The van der Waals surface area contributed by atoms with E-state index in [1.165, 1.54) is 10.2 Å². The second kappa shape index (κ2) is 17.8. The molecule has 3 N–H and O–H groups in total. The molecule has 5 rings (SSSR count). The summed E-state index contributed by atoms with van der Waals surface area (Å²) in [6.07, 6.45) is 8.44. The van der Waals surface area contributed by atoms with Crippen molar-refractivity contribution in [1.82, 2.24) is 35.5 Å². The van der Waals surface area contributed by atoms with Crippen LogP contribution in [0.2, 0.25) is 0 Å². The first-order valence-corrected chi connectivity index (χ1v) is 17.8. The minimum atomic E-state index is -0.651. The lowest BCUT2D eigenvalue weighted by atomic mass is 9.91. The Hall–Kier alpha value is -4.51. The highest BCUT2D eigenvalue weighted by Crippen LogP contribution is 2.26. The van der Waals surface area contributed by atoms with Crippen molar-refractivity contribution in [1.29, 1.82) is 0 Å². The summed E-state index contributed by atoms with van der Waals surface area (Å²) >= 11 is 0. The topological polar surface area (TPSA) is 129 Å². The molecule has 0 radical (unpaired) electrons. The number of rotatable bonds is 13. The highest BCUT2D eigenvalue weighted by molar-refractivity contribution is 5.96. The summed E-state index contributed by atoms with van der Waals surface area (Å²) in [6.45, 7) is 5.75. The molecular weight excluding hydrogens is 618 g/mol. The van der Waals surface area contributed by atoms with Gasteiger partial charge in [-0.05, 0) is 41.5 Å². The summed E-state index contributed by atoms with van der Waals surface area (Å²) in [5.41, 5.74) is 3.50.